The smallest absolute Gasteiger partial charge is 0.206 e. The first-order valence-electron chi connectivity index (χ1n) is 9.21. The molecule has 0 spiro atoms. The van der Waals surface area contributed by atoms with Crippen LogP contribution in [0, 0.1) is 0 Å². The number of nitrogens with zero attached hydrogens (tertiary/aromatic N) is 3. The molecule has 0 bridgehead atoms. The quantitative estimate of drug-likeness (QED) is 0.449. The Balaban J connectivity index is 2.73. The molecule has 0 saturated heterocycles. The van der Waals surface area contributed by atoms with Crippen molar-refractivity contribution in [2.24, 2.45) is 10.1 Å². The standard InChI is InChI=1S/C21H29N3O3S/c1-8-16(9-2)23-24-17(13-28-21(24)22-12-14(3)4)15-10-18(25-5)20(27-7)19(11-15)26-6/h10-11,13H,3,8-9,12H2,1-2,4-7H3. The number of ether oxygens (including phenoxy) is 3. The summed E-state index contributed by atoms with van der Waals surface area (Å²) in [6.45, 7) is 10.7. The lowest BCUT2D eigenvalue weighted by atomic mass is 10.1. The fourth-order valence-corrected chi connectivity index (χ4v) is 3.50. The zero-order chi connectivity index (χ0) is 20.7. The first-order chi connectivity index (χ1) is 13.5. The molecule has 0 unspecified atom stereocenters. The lowest BCUT2D eigenvalue weighted by Crippen LogP contribution is -2.15. The number of benzene rings is 1. The Morgan fingerprint density at radius 1 is 1.07 bits per heavy atom. The SMILES string of the molecule is C=C(C)CN=c1scc(-c2cc(OC)c(OC)c(OC)c2)n1N=C(CC)CC. The summed E-state index contributed by atoms with van der Waals surface area (Å²) in [5.41, 5.74) is 3.94. The average Bonchev–Trinajstić information content (AvgIpc) is 3.11. The van der Waals surface area contributed by atoms with Gasteiger partial charge in [0, 0.05) is 16.7 Å². The highest BCUT2D eigenvalue weighted by Crippen LogP contribution is 2.41. The summed E-state index contributed by atoms with van der Waals surface area (Å²) in [5, 5.41) is 6.92. The van der Waals surface area contributed by atoms with E-state index in [1.165, 1.54) is 0 Å². The molecule has 2 aromatic rings. The van der Waals surface area contributed by atoms with Gasteiger partial charge in [-0.05, 0) is 31.9 Å². The second-order valence-electron chi connectivity index (χ2n) is 6.28. The van der Waals surface area contributed by atoms with Crippen LogP contribution in [0.5, 0.6) is 17.2 Å². The Morgan fingerprint density at radius 2 is 1.68 bits per heavy atom. The molecule has 0 aliphatic heterocycles. The van der Waals surface area contributed by atoms with Crippen molar-refractivity contribution in [1.29, 1.82) is 0 Å². The van der Waals surface area contributed by atoms with Gasteiger partial charge in [-0.25, -0.2) is 4.68 Å². The largest absolute Gasteiger partial charge is 0.493 e. The first-order valence-corrected chi connectivity index (χ1v) is 10.1. The van der Waals surface area contributed by atoms with Gasteiger partial charge in [-0.3, -0.25) is 4.99 Å². The van der Waals surface area contributed by atoms with Gasteiger partial charge in [0.25, 0.3) is 0 Å². The Hall–Kier alpha value is -2.54. The van der Waals surface area contributed by atoms with E-state index in [4.69, 9.17) is 19.3 Å². The highest BCUT2D eigenvalue weighted by molar-refractivity contribution is 7.07. The normalized spacial score (nSPS) is 11.3. The maximum atomic E-state index is 5.51. The topological polar surface area (TPSA) is 57.3 Å². The summed E-state index contributed by atoms with van der Waals surface area (Å²) in [6.07, 6.45) is 1.77. The van der Waals surface area contributed by atoms with E-state index in [2.05, 4.69) is 25.4 Å². The van der Waals surface area contributed by atoms with Crippen LogP contribution >= 0.6 is 11.3 Å². The van der Waals surface area contributed by atoms with Crippen molar-refractivity contribution in [2.75, 3.05) is 27.9 Å². The van der Waals surface area contributed by atoms with Crippen LogP contribution in [0.2, 0.25) is 0 Å². The van der Waals surface area contributed by atoms with Gasteiger partial charge in [-0.2, -0.15) is 5.10 Å². The molecule has 1 aromatic heterocycles. The van der Waals surface area contributed by atoms with Gasteiger partial charge in [-0.15, -0.1) is 11.3 Å². The molecular formula is C21H29N3O3S. The number of thiazole rings is 1. The number of rotatable bonds is 9. The molecule has 0 atom stereocenters. The van der Waals surface area contributed by atoms with Crippen molar-refractivity contribution in [3.05, 3.63) is 34.5 Å². The Kier molecular flexibility index (Phi) is 7.87. The van der Waals surface area contributed by atoms with E-state index in [9.17, 15) is 0 Å². The highest BCUT2D eigenvalue weighted by atomic mass is 32.1. The van der Waals surface area contributed by atoms with Crippen LogP contribution in [0.25, 0.3) is 11.3 Å². The summed E-state index contributed by atoms with van der Waals surface area (Å²) in [7, 11) is 4.82. The monoisotopic (exact) mass is 403 g/mol. The van der Waals surface area contributed by atoms with Gasteiger partial charge < -0.3 is 14.2 Å². The number of hydrogen-bond donors (Lipinski definition) is 0. The summed E-state index contributed by atoms with van der Waals surface area (Å²) < 4.78 is 18.4. The Bertz CT molecular complexity index is 894. The number of hydrogen-bond acceptors (Lipinski definition) is 6. The number of methoxy groups -OCH3 is 3. The minimum atomic E-state index is 0.564. The van der Waals surface area contributed by atoms with Gasteiger partial charge in [0.15, 0.2) is 11.5 Å². The fourth-order valence-electron chi connectivity index (χ4n) is 2.67. The van der Waals surface area contributed by atoms with Crippen LogP contribution < -0.4 is 19.0 Å². The average molecular weight is 404 g/mol. The molecule has 1 aromatic carbocycles. The van der Waals surface area contributed by atoms with Crippen molar-refractivity contribution in [2.45, 2.75) is 33.6 Å². The predicted molar refractivity (Wildman–Crippen MR) is 116 cm³/mol. The molecule has 1 heterocycles. The van der Waals surface area contributed by atoms with Gasteiger partial charge in [0.2, 0.25) is 10.6 Å². The minimum absolute atomic E-state index is 0.564. The second-order valence-corrected chi connectivity index (χ2v) is 7.11. The molecule has 0 N–H and O–H groups in total. The zero-order valence-corrected chi connectivity index (χ0v) is 18.4. The lowest BCUT2D eigenvalue weighted by molar-refractivity contribution is 0.324. The van der Waals surface area contributed by atoms with E-state index in [0.29, 0.717) is 23.8 Å². The minimum Gasteiger partial charge on any atom is -0.493 e. The molecule has 6 nitrogen and oxygen atoms in total. The van der Waals surface area contributed by atoms with Gasteiger partial charge in [0.1, 0.15) is 0 Å². The van der Waals surface area contributed by atoms with Gasteiger partial charge in [0.05, 0.1) is 33.6 Å². The molecule has 152 valence electrons. The van der Waals surface area contributed by atoms with E-state index in [0.717, 1.165) is 40.2 Å². The molecule has 28 heavy (non-hydrogen) atoms. The second kappa shape index (κ2) is 10.1. The van der Waals surface area contributed by atoms with Crippen molar-refractivity contribution in [3.63, 3.8) is 0 Å². The van der Waals surface area contributed by atoms with Crippen LogP contribution in [0.4, 0.5) is 0 Å². The molecule has 7 heteroatoms. The van der Waals surface area contributed by atoms with E-state index in [-0.39, 0.29) is 0 Å². The first kappa shape index (κ1) is 21.8. The zero-order valence-electron chi connectivity index (χ0n) is 17.5. The van der Waals surface area contributed by atoms with E-state index >= 15 is 0 Å². The van der Waals surface area contributed by atoms with Crippen LogP contribution in [0.15, 0.2) is 39.8 Å². The van der Waals surface area contributed by atoms with Crippen LogP contribution in [0.1, 0.15) is 33.6 Å². The summed E-state index contributed by atoms with van der Waals surface area (Å²) >= 11 is 1.55. The predicted octanol–water partition coefficient (Wildman–Crippen LogP) is 4.74. The molecule has 2 rings (SSSR count). The number of aromatic nitrogens is 1. The van der Waals surface area contributed by atoms with E-state index in [1.54, 1.807) is 32.7 Å². The van der Waals surface area contributed by atoms with Gasteiger partial charge >= 0.3 is 0 Å². The maximum absolute atomic E-state index is 5.51. The highest BCUT2D eigenvalue weighted by Gasteiger charge is 2.17. The third-order valence-corrected chi connectivity index (χ3v) is 5.04. The van der Waals surface area contributed by atoms with E-state index < -0.39 is 0 Å². The Morgan fingerprint density at radius 3 is 2.14 bits per heavy atom. The fraction of sp³-hybridized carbons (Fsp3) is 0.429. The lowest BCUT2D eigenvalue weighted by Gasteiger charge is -2.14. The third-order valence-electron chi connectivity index (χ3n) is 4.19. The molecule has 0 aliphatic rings. The molecule has 0 amide bonds. The maximum Gasteiger partial charge on any atom is 0.206 e. The molecule has 0 fully saturated rings. The van der Waals surface area contributed by atoms with E-state index in [1.807, 2.05) is 29.1 Å². The molecule has 0 radical (unpaired) electrons. The third kappa shape index (κ3) is 4.84. The summed E-state index contributed by atoms with van der Waals surface area (Å²) in [5.74, 6) is 1.77. The summed E-state index contributed by atoms with van der Waals surface area (Å²) in [4.78, 5) is 5.51. The summed E-state index contributed by atoms with van der Waals surface area (Å²) in [6, 6.07) is 3.85. The van der Waals surface area contributed by atoms with Gasteiger partial charge in [-0.1, -0.05) is 26.0 Å². The molecule has 0 aliphatic carbocycles. The molecular weight excluding hydrogens is 374 g/mol. The van der Waals surface area contributed by atoms with Crippen molar-refractivity contribution in [3.8, 4) is 28.5 Å². The van der Waals surface area contributed by atoms with Crippen LogP contribution in [-0.2, 0) is 0 Å². The molecule has 0 saturated carbocycles. The van der Waals surface area contributed by atoms with Crippen LogP contribution in [-0.4, -0.2) is 38.3 Å². The van der Waals surface area contributed by atoms with Crippen molar-refractivity contribution in [1.82, 2.24) is 4.68 Å². The van der Waals surface area contributed by atoms with Crippen molar-refractivity contribution < 1.29 is 14.2 Å². The van der Waals surface area contributed by atoms with Crippen LogP contribution in [0.3, 0.4) is 0 Å². The Labute approximate surface area is 170 Å². The van der Waals surface area contributed by atoms with Crippen molar-refractivity contribution >= 4 is 17.0 Å².